The minimum atomic E-state index is -0.370. The van der Waals surface area contributed by atoms with Gasteiger partial charge in [-0.05, 0) is 13.0 Å². The zero-order valence-corrected chi connectivity index (χ0v) is 11.6. The average Bonchev–Trinajstić information content (AvgIpc) is 2.90. The number of hydrogen-bond acceptors (Lipinski definition) is 4. The molecule has 19 heavy (non-hydrogen) atoms. The summed E-state index contributed by atoms with van der Waals surface area (Å²) >= 11 is 1.60. The van der Waals surface area contributed by atoms with Gasteiger partial charge in [0.25, 0.3) is 5.91 Å². The maximum absolute atomic E-state index is 12.2. The minimum Gasteiger partial charge on any atom is -0.389 e. The topological polar surface area (TPSA) is 58.4 Å². The highest BCUT2D eigenvalue weighted by Crippen LogP contribution is 2.24. The summed E-state index contributed by atoms with van der Waals surface area (Å²) < 4.78 is 1.82. The number of aliphatic hydroxyl groups excluding tert-OH is 1. The van der Waals surface area contributed by atoms with E-state index in [-0.39, 0.29) is 12.0 Å². The zero-order valence-electron chi connectivity index (χ0n) is 10.8. The first-order valence-electron chi connectivity index (χ1n) is 6.11. The van der Waals surface area contributed by atoms with Gasteiger partial charge in [0.15, 0.2) is 0 Å². The quantitative estimate of drug-likeness (QED) is 0.899. The number of nitrogens with zero attached hydrogens (tertiary/aromatic N) is 3. The summed E-state index contributed by atoms with van der Waals surface area (Å²) in [6.07, 6.45) is 1.54. The Bertz CT molecular complexity index is 626. The van der Waals surface area contributed by atoms with Gasteiger partial charge in [0.1, 0.15) is 5.69 Å². The van der Waals surface area contributed by atoms with Gasteiger partial charge >= 0.3 is 0 Å². The number of aromatic nitrogens is 2. The SMILES string of the molecule is Cc1nc(-c2cc(C(=O)N3CC(O)C3)n(C)c2)cs1. The van der Waals surface area contributed by atoms with Crippen LogP contribution in [0.1, 0.15) is 15.5 Å². The van der Waals surface area contributed by atoms with E-state index in [0.29, 0.717) is 18.8 Å². The van der Waals surface area contributed by atoms with E-state index in [0.717, 1.165) is 16.3 Å². The fourth-order valence-electron chi connectivity index (χ4n) is 2.20. The number of β-amino-alcohol motifs (C(OH)–C–C–N with tert-alkyl or cyclic N) is 1. The molecule has 2 aromatic rings. The van der Waals surface area contributed by atoms with Crippen molar-refractivity contribution in [1.82, 2.24) is 14.5 Å². The molecule has 0 aliphatic carbocycles. The van der Waals surface area contributed by atoms with Gasteiger partial charge in [0, 0.05) is 37.3 Å². The summed E-state index contributed by atoms with van der Waals surface area (Å²) in [5, 5.41) is 12.3. The highest BCUT2D eigenvalue weighted by molar-refractivity contribution is 7.09. The van der Waals surface area contributed by atoms with Crippen molar-refractivity contribution in [3.63, 3.8) is 0 Å². The molecule has 0 bridgehead atoms. The van der Waals surface area contributed by atoms with Crippen molar-refractivity contribution in [2.24, 2.45) is 7.05 Å². The second-order valence-electron chi connectivity index (χ2n) is 4.84. The lowest BCUT2D eigenvalue weighted by Gasteiger charge is -2.35. The predicted molar refractivity (Wildman–Crippen MR) is 73.2 cm³/mol. The molecule has 3 heterocycles. The molecule has 3 rings (SSSR count). The van der Waals surface area contributed by atoms with Crippen molar-refractivity contribution in [2.45, 2.75) is 13.0 Å². The van der Waals surface area contributed by atoms with Crippen LogP contribution < -0.4 is 0 Å². The molecule has 1 aliphatic heterocycles. The molecule has 0 spiro atoms. The monoisotopic (exact) mass is 277 g/mol. The first-order chi connectivity index (χ1) is 9.04. The molecule has 0 radical (unpaired) electrons. The van der Waals surface area contributed by atoms with E-state index in [1.54, 1.807) is 16.2 Å². The van der Waals surface area contributed by atoms with Crippen molar-refractivity contribution in [1.29, 1.82) is 0 Å². The van der Waals surface area contributed by atoms with Gasteiger partial charge in [-0.25, -0.2) is 4.98 Å². The first kappa shape index (κ1) is 12.4. The van der Waals surface area contributed by atoms with Gasteiger partial charge in [-0.1, -0.05) is 0 Å². The van der Waals surface area contributed by atoms with Crippen LogP contribution >= 0.6 is 11.3 Å². The maximum atomic E-state index is 12.2. The Balaban J connectivity index is 1.87. The summed E-state index contributed by atoms with van der Waals surface area (Å²) in [4.78, 5) is 18.3. The van der Waals surface area contributed by atoms with Crippen molar-refractivity contribution < 1.29 is 9.90 Å². The van der Waals surface area contributed by atoms with E-state index in [1.807, 2.05) is 36.2 Å². The Morgan fingerprint density at radius 1 is 1.53 bits per heavy atom. The van der Waals surface area contributed by atoms with Gasteiger partial charge in [0.2, 0.25) is 0 Å². The third-order valence-electron chi connectivity index (χ3n) is 3.29. The molecule has 0 aromatic carbocycles. The van der Waals surface area contributed by atoms with Crippen molar-refractivity contribution in [2.75, 3.05) is 13.1 Å². The number of amides is 1. The Morgan fingerprint density at radius 3 is 2.84 bits per heavy atom. The maximum Gasteiger partial charge on any atom is 0.270 e. The van der Waals surface area contributed by atoms with Gasteiger partial charge in [-0.3, -0.25) is 4.79 Å². The summed E-state index contributed by atoms with van der Waals surface area (Å²) in [6, 6.07) is 1.86. The normalized spacial score (nSPS) is 15.6. The van der Waals surface area contributed by atoms with Gasteiger partial charge in [-0.15, -0.1) is 11.3 Å². The van der Waals surface area contributed by atoms with Crippen LogP contribution in [0.2, 0.25) is 0 Å². The molecular formula is C13H15N3O2S. The fourth-order valence-corrected chi connectivity index (χ4v) is 2.82. The average molecular weight is 277 g/mol. The van der Waals surface area contributed by atoms with E-state index in [2.05, 4.69) is 4.98 Å². The van der Waals surface area contributed by atoms with E-state index in [9.17, 15) is 9.90 Å². The molecule has 0 unspecified atom stereocenters. The highest BCUT2D eigenvalue weighted by Gasteiger charge is 2.30. The first-order valence-corrected chi connectivity index (χ1v) is 6.99. The van der Waals surface area contributed by atoms with Crippen molar-refractivity contribution >= 4 is 17.2 Å². The van der Waals surface area contributed by atoms with Crippen molar-refractivity contribution in [3.8, 4) is 11.3 Å². The summed E-state index contributed by atoms with van der Waals surface area (Å²) in [7, 11) is 1.85. The molecule has 5 nitrogen and oxygen atoms in total. The predicted octanol–water partition coefficient (Wildman–Crippen LogP) is 1.27. The Morgan fingerprint density at radius 2 is 2.26 bits per heavy atom. The van der Waals surface area contributed by atoms with Crippen LogP contribution in [0.15, 0.2) is 17.6 Å². The van der Waals surface area contributed by atoms with E-state index in [4.69, 9.17) is 0 Å². The Kier molecular flexibility index (Phi) is 2.91. The fraction of sp³-hybridized carbons (Fsp3) is 0.385. The van der Waals surface area contributed by atoms with Gasteiger partial charge in [0.05, 0.1) is 16.8 Å². The van der Waals surface area contributed by atoms with Gasteiger partial charge < -0.3 is 14.6 Å². The number of thiazole rings is 1. The van der Waals surface area contributed by atoms with Crippen LogP contribution in [0.4, 0.5) is 0 Å². The highest BCUT2D eigenvalue weighted by atomic mass is 32.1. The van der Waals surface area contributed by atoms with Crippen molar-refractivity contribution in [3.05, 3.63) is 28.3 Å². The largest absolute Gasteiger partial charge is 0.389 e. The number of carbonyl (C=O) groups is 1. The number of rotatable bonds is 2. The molecular weight excluding hydrogens is 262 g/mol. The Labute approximate surface area is 115 Å². The van der Waals surface area contributed by atoms with Crippen LogP contribution in [0, 0.1) is 6.92 Å². The van der Waals surface area contributed by atoms with Crippen LogP contribution in [0.25, 0.3) is 11.3 Å². The molecule has 1 amide bonds. The molecule has 0 saturated carbocycles. The third-order valence-corrected chi connectivity index (χ3v) is 4.06. The van der Waals surface area contributed by atoms with E-state index in [1.165, 1.54) is 0 Å². The molecule has 1 saturated heterocycles. The molecule has 2 aromatic heterocycles. The smallest absolute Gasteiger partial charge is 0.270 e. The molecule has 1 aliphatic rings. The molecule has 0 atom stereocenters. The number of hydrogen-bond donors (Lipinski definition) is 1. The van der Waals surface area contributed by atoms with Crippen LogP contribution in [-0.4, -0.2) is 44.7 Å². The van der Waals surface area contributed by atoms with Crippen LogP contribution in [0.3, 0.4) is 0 Å². The summed E-state index contributed by atoms with van der Waals surface area (Å²) in [6.45, 7) is 2.81. The number of aliphatic hydroxyl groups is 1. The molecule has 1 fully saturated rings. The molecule has 6 heteroatoms. The lowest BCUT2D eigenvalue weighted by atomic mass is 10.1. The second kappa shape index (κ2) is 4.47. The Hall–Kier alpha value is -1.66. The third kappa shape index (κ3) is 2.17. The van der Waals surface area contributed by atoms with E-state index >= 15 is 0 Å². The number of aryl methyl sites for hydroxylation is 2. The molecule has 100 valence electrons. The summed E-state index contributed by atoms with van der Waals surface area (Å²) in [5.74, 6) is -0.0361. The van der Waals surface area contributed by atoms with Crippen LogP contribution in [-0.2, 0) is 7.05 Å². The summed E-state index contributed by atoms with van der Waals surface area (Å²) in [5.41, 5.74) is 2.49. The lowest BCUT2D eigenvalue weighted by molar-refractivity contribution is 0.00527. The minimum absolute atomic E-state index is 0.0361. The lowest BCUT2D eigenvalue weighted by Crippen LogP contribution is -2.53. The zero-order chi connectivity index (χ0) is 13.6. The van der Waals surface area contributed by atoms with E-state index < -0.39 is 0 Å². The van der Waals surface area contributed by atoms with Crippen LogP contribution in [0.5, 0.6) is 0 Å². The molecule has 1 N–H and O–H groups in total. The number of carbonyl (C=O) groups excluding carboxylic acids is 1. The second-order valence-corrected chi connectivity index (χ2v) is 5.90. The van der Waals surface area contributed by atoms with Gasteiger partial charge in [-0.2, -0.15) is 0 Å². The number of likely N-dealkylation sites (tertiary alicyclic amines) is 1. The standard InChI is InChI=1S/C13H15N3O2S/c1-8-14-11(7-19-8)9-3-12(15(2)4-9)13(18)16-5-10(17)6-16/h3-4,7,10,17H,5-6H2,1-2H3.